The molecule has 0 radical (unpaired) electrons. The third-order valence-electron chi connectivity index (χ3n) is 6.40. The Bertz CT molecular complexity index is 1440. The summed E-state index contributed by atoms with van der Waals surface area (Å²) in [7, 11) is 0. The first-order valence-electron chi connectivity index (χ1n) is 12.9. The molecule has 0 aliphatic heterocycles. The van der Waals surface area contributed by atoms with Gasteiger partial charge in [0.2, 0.25) is 29.5 Å². The summed E-state index contributed by atoms with van der Waals surface area (Å²) in [5.74, 6) is -5.74. The number of nitrogens with one attached hydrogen (secondary N) is 5. The Morgan fingerprint density at radius 2 is 1.52 bits per heavy atom. The number of fused-ring (bicyclic) bond motifs is 1. The molecule has 0 saturated heterocycles. The molecule has 0 aliphatic carbocycles. The van der Waals surface area contributed by atoms with E-state index < -0.39 is 66.1 Å². The lowest BCUT2D eigenvalue weighted by molar-refractivity contribution is -0.142. The number of H-pyrrole nitrogens is 2. The van der Waals surface area contributed by atoms with Gasteiger partial charge in [-0.15, -0.1) is 0 Å². The summed E-state index contributed by atoms with van der Waals surface area (Å²) in [6.07, 6.45) is 3.25. The molecule has 0 spiro atoms. The Morgan fingerprint density at radius 1 is 0.857 bits per heavy atom. The van der Waals surface area contributed by atoms with Gasteiger partial charge in [-0.25, -0.2) is 9.78 Å². The van der Waals surface area contributed by atoms with E-state index in [9.17, 15) is 33.9 Å². The van der Waals surface area contributed by atoms with Gasteiger partial charge < -0.3 is 48.2 Å². The molecular formula is C26H33N9O7. The molecule has 12 N–H and O–H groups in total. The number of carboxylic acid groups (broad SMARTS) is 1. The molecule has 16 nitrogen and oxygen atoms in total. The highest BCUT2D eigenvalue weighted by Crippen LogP contribution is 2.19. The van der Waals surface area contributed by atoms with Crippen molar-refractivity contribution in [3.63, 3.8) is 0 Å². The van der Waals surface area contributed by atoms with Crippen molar-refractivity contribution < 1.29 is 33.9 Å². The van der Waals surface area contributed by atoms with Crippen LogP contribution >= 0.6 is 0 Å². The first-order chi connectivity index (χ1) is 19.9. The van der Waals surface area contributed by atoms with Gasteiger partial charge in [0.1, 0.15) is 18.1 Å². The highest BCUT2D eigenvalue weighted by molar-refractivity contribution is 5.96. The van der Waals surface area contributed by atoms with E-state index in [0.717, 1.165) is 10.9 Å². The standard InChI is InChI=1S/C26H33N9O7/c27-16(8-14-11-30-12-32-14)23(38)33-18(5-6-21(28)36)24(39)34-19(9-22(29)37)25(40)35-20(26(41)42)7-13-10-31-17-4-2-1-3-15(13)17/h1-4,10-12,16,18-20,31H,5-9,27H2,(H2,28,36)(H2,29,37)(H,30,32)(H,33,38)(H,34,39)(H,35,40)(H,41,42). The van der Waals surface area contributed by atoms with E-state index in [4.69, 9.17) is 17.2 Å². The van der Waals surface area contributed by atoms with Crippen molar-refractivity contribution in [2.24, 2.45) is 17.2 Å². The second-order valence-electron chi connectivity index (χ2n) is 9.65. The molecule has 224 valence electrons. The van der Waals surface area contributed by atoms with E-state index in [1.807, 2.05) is 12.1 Å². The summed E-state index contributed by atoms with van der Waals surface area (Å²) >= 11 is 0. The molecule has 3 aromatic rings. The van der Waals surface area contributed by atoms with E-state index in [1.54, 1.807) is 18.3 Å². The Kier molecular flexibility index (Phi) is 10.7. The van der Waals surface area contributed by atoms with Crippen molar-refractivity contribution in [2.75, 3.05) is 0 Å². The van der Waals surface area contributed by atoms with Crippen LogP contribution in [0, 0.1) is 0 Å². The van der Waals surface area contributed by atoms with E-state index in [2.05, 4.69) is 30.9 Å². The van der Waals surface area contributed by atoms with Crippen molar-refractivity contribution in [1.29, 1.82) is 0 Å². The van der Waals surface area contributed by atoms with Gasteiger partial charge in [-0.2, -0.15) is 0 Å². The Hall–Kier alpha value is -5.25. The Balaban J connectivity index is 1.72. The monoisotopic (exact) mass is 583 g/mol. The largest absolute Gasteiger partial charge is 0.480 e. The topological polar surface area (TPSA) is 281 Å². The van der Waals surface area contributed by atoms with Crippen LogP contribution in [-0.2, 0) is 41.6 Å². The number of hydrogen-bond acceptors (Lipinski definition) is 8. The molecule has 1 aromatic carbocycles. The van der Waals surface area contributed by atoms with Crippen molar-refractivity contribution in [3.8, 4) is 0 Å². The van der Waals surface area contributed by atoms with Crippen molar-refractivity contribution in [3.05, 3.63) is 54.2 Å². The van der Waals surface area contributed by atoms with Crippen LogP contribution in [0.4, 0.5) is 0 Å². The lowest BCUT2D eigenvalue weighted by atomic mass is 10.0. The summed E-state index contributed by atoms with van der Waals surface area (Å²) in [5.41, 5.74) is 18.4. The zero-order chi connectivity index (χ0) is 30.8. The summed E-state index contributed by atoms with van der Waals surface area (Å²) in [5, 5.41) is 17.6. The van der Waals surface area contributed by atoms with Crippen LogP contribution in [0.5, 0.6) is 0 Å². The molecule has 0 fully saturated rings. The molecule has 0 saturated carbocycles. The molecule has 2 aromatic heterocycles. The van der Waals surface area contributed by atoms with E-state index >= 15 is 0 Å². The predicted octanol–water partition coefficient (Wildman–Crippen LogP) is -2.32. The van der Waals surface area contributed by atoms with Crippen LogP contribution in [0.25, 0.3) is 10.9 Å². The summed E-state index contributed by atoms with van der Waals surface area (Å²) in [4.78, 5) is 83.8. The van der Waals surface area contributed by atoms with Crippen LogP contribution in [0.2, 0.25) is 0 Å². The third-order valence-corrected chi connectivity index (χ3v) is 6.40. The van der Waals surface area contributed by atoms with Gasteiger partial charge in [0.15, 0.2) is 0 Å². The van der Waals surface area contributed by atoms with Gasteiger partial charge in [-0.05, 0) is 18.1 Å². The van der Waals surface area contributed by atoms with Gasteiger partial charge >= 0.3 is 5.97 Å². The smallest absolute Gasteiger partial charge is 0.326 e. The first-order valence-corrected chi connectivity index (χ1v) is 12.9. The lowest BCUT2D eigenvalue weighted by Gasteiger charge is -2.24. The molecule has 0 aliphatic rings. The summed E-state index contributed by atoms with van der Waals surface area (Å²) in [6, 6.07) is 1.71. The lowest BCUT2D eigenvalue weighted by Crippen LogP contribution is -2.58. The molecule has 4 unspecified atom stereocenters. The van der Waals surface area contributed by atoms with Crippen LogP contribution in [0.15, 0.2) is 43.0 Å². The molecule has 3 rings (SSSR count). The van der Waals surface area contributed by atoms with E-state index in [0.29, 0.717) is 11.3 Å². The fraction of sp³-hybridized carbons (Fsp3) is 0.346. The number of nitrogens with zero attached hydrogens (tertiary/aromatic N) is 1. The molecule has 42 heavy (non-hydrogen) atoms. The normalized spacial score (nSPS) is 13.8. The average Bonchev–Trinajstić information content (AvgIpc) is 3.59. The van der Waals surface area contributed by atoms with Gasteiger partial charge in [0, 0.05) is 48.3 Å². The zero-order valence-electron chi connectivity index (χ0n) is 22.5. The zero-order valence-corrected chi connectivity index (χ0v) is 22.5. The Morgan fingerprint density at radius 3 is 2.17 bits per heavy atom. The number of benzene rings is 1. The number of para-hydroxylation sites is 1. The van der Waals surface area contributed by atoms with Crippen LogP contribution in [0.3, 0.4) is 0 Å². The van der Waals surface area contributed by atoms with Gasteiger partial charge in [-0.1, -0.05) is 18.2 Å². The highest BCUT2D eigenvalue weighted by atomic mass is 16.4. The summed E-state index contributed by atoms with van der Waals surface area (Å²) < 4.78 is 0. The quantitative estimate of drug-likeness (QED) is 0.0874. The molecule has 5 amide bonds. The molecule has 0 bridgehead atoms. The third kappa shape index (κ3) is 8.88. The Labute approximate surface area is 239 Å². The molecular weight excluding hydrogens is 550 g/mol. The molecule has 4 atom stereocenters. The van der Waals surface area contributed by atoms with Gasteiger partial charge in [-0.3, -0.25) is 24.0 Å². The molecule has 16 heteroatoms. The average molecular weight is 584 g/mol. The fourth-order valence-corrected chi connectivity index (χ4v) is 4.24. The number of hydrogen-bond donors (Lipinski definition) is 9. The second kappa shape index (κ2) is 14.4. The minimum Gasteiger partial charge on any atom is -0.480 e. The maximum absolute atomic E-state index is 13.2. The number of primary amides is 2. The minimum atomic E-state index is -1.59. The summed E-state index contributed by atoms with van der Waals surface area (Å²) in [6.45, 7) is 0. The minimum absolute atomic E-state index is 0.0652. The van der Waals surface area contributed by atoms with Crippen molar-refractivity contribution >= 4 is 46.4 Å². The number of imidazole rings is 1. The number of rotatable bonds is 16. The highest BCUT2D eigenvalue weighted by Gasteiger charge is 2.32. The van der Waals surface area contributed by atoms with Gasteiger partial charge in [0.05, 0.1) is 18.8 Å². The van der Waals surface area contributed by atoms with E-state index in [1.165, 1.54) is 12.5 Å². The van der Waals surface area contributed by atoms with Crippen molar-refractivity contribution in [1.82, 2.24) is 30.9 Å². The number of aliphatic carboxylic acids is 1. The number of carboxylic acids is 1. The maximum Gasteiger partial charge on any atom is 0.326 e. The first kappa shape index (κ1) is 31.3. The number of amides is 5. The maximum atomic E-state index is 13.2. The number of aromatic amines is 2. The van der Waals surface area contributed by atoms with Crippen LogP contribution < -0.4 is 33.2 Å². The number of nitrogens with two attached hydrogens (primary N) is 3. The fourth-order valence-electron chi connectivity index (χ4n) is 4.24. The second-order valence-corrected chi connectivity index (χ2v) is 9.65. The number of aromatic nitrogens is 3. The SMILES string of the molecule is NC(=O)CCC(NC(=O)C(N)Cc1cnc[nH]1)C(=O)NC(CC(N)=O)C(=O)NC(Cc1c[nH]c2ccccc12)C(=O)O. The van der Waals surface area contributed by atoms with Crippen LogP contribution in [-0.4, -0.2) is 79.7 Å². The van der Waals surface area contributed by atoms with Crippen LogP contribution in [0.1, 0.15) is 30.5 Å². The van der Waals surface area contributed by atoms with E-state index in [-0.39, 0.29) is 25.7 Å². The van der Waals surface area contributed by atoms with Crippen molar-refractivity contribution in [2.45, 2.75) is 56.3 Å². The predicted molar refractivity (Wildman–Crippen MR) is 148 cm³/mol. The van der Waals surface area contributed by atoms with Gasteiger partial charge in [0.25, 0.3) is 0 Å². The molecule has 2 heterocycles. The number of carbonyl (C=O) groups excluding carboxylic acids is 5. The number of carbonyl (C=O) groups is 6.